The van der Waals surface area contributed by atoms with Gasteiger partial charge in [-0.1, -0.05) is 11.3 Å². The maximum absolute atomic E-state index is 12.1. The molecule has 0 saturated heterocycles. The molecular weight excluding hydrogens is 334 g/mol. The Kier molecular flexibility index (Phi) is 4.30. The number of amides is 1. The summed E-state index contributed by atoms with van der Waals surface area (Å²) in [6.07, 6.45) is 7.61. The van der Waals surface area contributed by atoms with Gasteiger partial charge >= 0.3 is 0 Å². The second-order valence-electron chi connectivity index (χ2n) is 7.01. The van der Waals surface area contributed by atoms with Crippen LogP contribution in [0.2, 0.25) is 0 Å². The molecule has 0 spiro atoms. The molecule has 2 heterocycles. The number of aromatic nitrogens is 2. The molecule has 25 heavy (non-hydrogen) atoms. The van der Waals surface area contributed by atoms with Crippen molar-refractivity contribution < 1.29 is 4.79 Å². The predicted molar refractivity (Wildman–Crippen MR) is 98.5 cm³/mol. The summed E-state index contributed by atoms with van der Waals surface area (Å²) in [5.41, 5.74) is 0.874. The maximum atomic E-state index is 12.1. The largest absolute Gasteiger partial charge is 0.348 e. The number of nitrogens with one attached hydrogen (secondary N) is 1. The molecule has 7 heteroatoms. The van der Waals surface area contributed by atoms with Crippen molar-refractivity contribution in [1.82, 2.24) is 9.97 Å². The standard InChI is InChI=1S/C18H21N5OS/c1-23(13-6-2-11(10-19)3-7-13)18-21-14-8-9-20-16(15(14)25-18)22-17(24)12-4-5-12/h8-9,11-13H,2-7H2,1H3,(H,20,22,24). The summed E-state index contributed by atoms with van der Waals surface area (Å²) in [6, 6.07) is 4.69. The molecule has 0 aliphatic heterocycles. The fourth-order valence-corrected chi connectivity index (χ4v) is 4.43. The van der Waals surface area contributed by atoms with E-state index in [1.54, 1.807) is 17.5 Å². The number of nitriles is 1. The van der Waals surface area contributed by atoms with Gasteiger partial charge in [-0.3, -0.25) is 4.79 Å². The van der Waals surface area contributed by atoms with E-state index in [4.69, 9.17) is 10.2 Å². The highest BCUT2D eigenvalue weighted by Crippen LogP contribution is 2.37. The van der Waals surface area contributed by atoms with Crippen LogP contribution in [0.25, 0.3) is 10.2 Å². The molecule has 1 amide bonds. The Labute approximate surface area is 150 Å². The lowest BCUT2D eigenvalue weighted by Gasteiger charge is -2.32. The molecule has 2 fully saturated rings. The van der Waals surface area contributed by atoms with Crippen molar-refractivity contribution in [2.45, 2.75) is 44.6 Å². The molecule has 2 saturated carbocycles. The molecular formula is C18H21N5OS. The van der Waals surface area contributed by atoms with E-state index in [2.05, 4.69) is 28.3 Å². The van der Waals surface area contributed by atoms with Gasteiger partial charge in [0.05, 0.1) is 16.3 Å². The van der Waals surface area contributed by atoms with E-state index in [0.717, 1.165) is 53.9 Å². The van der Waals surface area contributed by atoms with Crippen LogP contribution in [-0.4, -0.2) is 29.0 Å². The zero-order valence-electron chi connectivity index (χ0n) is 14.2. The second kappa shape index (κ2) is 6.60. The first kappa shape index (κ1) is 16.3. The normalized spacial score (nSPS) is 23.2. The molecule has 2 aliphatic carbocycles. The zero-order valence-corrected chi connectivity index (χ0v) is 15.1. The summed E-state index contributed by atoms with van der Waals surface area (Å²) < 4.78 is 0.934. The summed E-state index contributed by atoms with van der Waals surface area (Å²) in [5.74, 6) is 1.05. The Bertz CT molecular complexity index is 830. The third kappa shape index (κ3) is 3.31. The minimum Gasteiger partial charge on any atom is -0.348 e. The van der Waals surface area contributed by atoms with Gasteiger partial charge in [0.1, 0.15) is 0 Å². The number of anilines is 2. The van der Waals surface area contributed by atoms with Crippen LogP contribution in [0.1, 0.15) is 38.5 Å². The molecule has 130 valence electrons. The zero-order chi connectivity index (χ0) is 17.4. The topological polar surface area (TPSA) is 81.9 Å². The number of hydrogen-bond acceptors (Lipinski definition) is 6. The molecule has 0 bridgehead atoms. The molecule has 4 rings (SSSR count). The molecule has 0 aromatic carbocycles. The van der Waals surface area contributed by atoms with Crippen LogP contribution < -0.4 is 10.2 Å². The van der Waals surface area contributed by atoms with Crippen molar-refractivity contribution in [3.05, 3.63) is 12.3 Å². The van der Waals surface area contributed by atoms with Gasteiger partial charge in [0.25, 0.3) is 0 Å². The van der Waals surface area contributed by atoms with E-state index in [1.807, 2.05) is 6.07 Å². The van der Waals surface area contributed by atoms with Gasteiger partial charge in [0.2, 0.25) is 5.91 Å². The lowest BCUT2D eigenvalue weighted by molar-refractivity contribution is -0.117. The van der Waals surface area contributed by atoms with Gasteiger partial charge in [0, 0.05) is 31.1 Å². The van der Waals surface area contributed by atoms with Crippen LogP contribution in [0.15, 0.2) is 12.3 Å². The summed E-state index contributed by atoms with van der Waals surface area (Å²) in [5, 5.41) is 13.0. The number of thiazole rings is 1. The van der Waals surface area contributed by atoms with E-state index in [9.17, 15) is 4.79 Å². The monoisotopic (exact) mass is 355 g/mol. The summed E-state index contributed by atoms with van der Waals surface area (Å²) in [6.45, 7) is 0. The Hall–Kier alpha value is -2.20. The third-order valence-corrected chi connectivity index (χ3v) is 6.38. The van der Waals surface area contributed by atoms with E-state index in [0.29, 0.717) is 11.9 Å². The number of pyridine rings is 1. The highest BCUT2D eigenvalue weighted by atomic mass is 32.1. The average molecular weight is 355 g/mol. The number of carbonyl (C=O) groups excluding carboxylic acids is 1. The molecule has 0 unspecified atom stereocenters. The van der Waals surface area contributed by atoms with Crippen molar-refractivity contribution in [2.75, 3.05) is 17.3 Å². The van der Waals surface area contributed by atoms with E-state index >= 15 is 0 Å². The highest BCUT2D eigenvalue weighted by molar-refractivity contribution is 7.22. The van der Waals surface area contributed by atoms with Crippen LogP contribution in [0.5, 0.6) is 0 Å². The van der Waals surface area contributed by atoms with Crippen molar-refractivity contribution >= 4 is 38.4 Å². The SMILES string of the molecule is CN(c1nc2ccnc(NC(=O)C3CC3)c2s1)C1CCC(C#N)CC1. The number of fused-ring (bicyclic) bond motifs is 1. The smallest absolute Gasteiger partial charge is 0.228 e. The van der Waals surface area contributed by atoms with E-state index in [1.165, 1.54) is 0 Å². The molecule has 2 aromatic rings. The Morgan fingerprint density at radius 2 is 2.08 bits per heavy atom. The molecule has 2 aromatic heterocycles. The minimum absolute atomic E-state index is 0.0677. The van der Waals surface area contributed by atoms with Crippen LogP contribution in [0, 0.1) is 23.2 Å². The minimum atomic E-state index is 0.0677. The highest BCUT2D eigenvalue weighted by Gasteiger charge is 2.30. The fraction of sp³-hybridized carbons (Fsp3) is 0.556. The van der Waals surface area contributed by atoms with Crippen LogP contribution in [-0.2, 0) is 4.79 Å². The predicted octanol–water partition coefficient (Wildman–Crippen LogP) is 3.56. The first-order chi connectivity index (χ1) is 12.2. The average Bonchev–Trinajstić information content (AvgIpc) is 3.40. The Balaban J connectivity index is 1.54. The molecule has 0 atom stereocenters. The summed E-state index contributed by atoms with van der Waals surface area (Å²) in [4.78, 5) is 23.4. The maximum Gasteiger partial charge on any atom is 0.228 e. The second-order valence-corrected chi connectivity index (χ2v) is 7.99. The summed E-state index contributed by atoms with van der Waals surface area (Å²) >= 11 is 1.58. The third-order valence-electron chi connectivity index (χ3n) is 5.21. The number of rotatable bonds is 4. The van der Waals surface area contributed by atoms with Gasteiger partial charge in [-0.2, -0.15) is 5.26 Å². The van der Waals surface area contributed by atoms with Crippen molar-refractivity contribution in [3.63, 3.8) is 0 Å². The lowest BCUT2D eigenvalue weighted by atomic mass is 9.86. The Morgan fingerprint density at radius 3 is 2.76 bits per heavy atom. The van der Waals surface area contributed by atoms with Gasteiger partial charge in [-0.25, -0.2) is 9.97 Å². The van der Waals surface area contributed by atoms with Gasteiger partial charge in [-0.15, -0.1) is 0 Å². The number of carbonyl (C=O) groups is 1. The van der Waals surface area contributed by atoms with Gasteiger partial charge in [-0.05, 0) is 44.6 Å². The quantitative estimate of drug-likeness (QED) is 0.907. The van der Waals surface area contributed by atoms with Crippen molar-refractivity contribution in [3.8, 4) is 6.07 Å². The Morgan fingerprint density at radius 1 is 1.32 bits per heavy atom. The first-order valence-electron chi connectivity index (χ1n) is 8.84. The molecule has 2 aliphatic rings. The lowest BCUT2D eigenvalue weighted by Crippen LogP contribution is -2.34. The van der Waals surface area contributed by atoms with Crippen LogP contribution in [0.4, 0.5) is 10.9 Å². The van der Waals surface area contributed by atoms with E-state index in [-0.39, 0.29) is 17.7 Å². The summed E-state index contributed by atoms with van der Waals surface area (Å²) in [7, 11) is 2.07. The fourth-order valence-electron chi connectivity index (χ4n) is 3.40. The van der Waals surface area contributed by atoms with E-state index < -0.39 is 0 Å². The van der Waals surface area contributed by atoms with Crippen molar-refractivity contribution in [1.29, 1.82) is 5.26 Å². The molecule has 0 radical (unpaired) electrons. The number of nitrogens with zero attached hydrogens (tertiary/aromatic N) is 4. The number of hydrogen-bond donors (Lipinski definition) is 1. The first-order valence-corrected chi connectivity index (χ1v) is 9.66. The van der Waals surface area contributed by atoms with Crippen molar-refractivity contribution in [2.24, 2.45) is 11.8 Å². The van der Waals surface area contributed by atoms with Crippen LogP contribution >= 0.6 is 11.3 Å². The van der Waals surface area contributed by atoms with Gasteiger partial charge < -0.3 is 10.2 Å². The molecule has 6 nitrogen and oxygen atoms in total. The van der Waals surface area contributed by atoms with Crippen LogP contribution in [0.3, 0.4) is 0 Å². The molecule has 1 N–H and O–H groups in total. The van der Waals surface area contributed by atoms with Gasteiger partial charge in [0.15, 0.2) is 10.9 Å².